The van der Waals surface area contributed by atoms with Gasteiger partial charge in [0.2, 0.25) is 11.7 Å². The molecule has 2 amide bonds. The minimum Gasteiger partial charge on any atom is -0.493 e. The Kier molecular flexibility index (Phi) is 8.43. The third-order valence-electron chi connectivity index (χ3n) is 6.56. The lowest BCUT2D eigenvalue weighted by molar-refractivity contribution is -0.122. The molecule has 3 rings (SSSR count). The molecule has 1 saturated heterocycles. The van der Waals surface area contributed by atoms with E-state index in [2.05, 4.69) is 5.32 Å². The third kappa shape index (κ3) is 6.05. The van der Waals surface area contributed by atoms with E-state index >= 15 is 0 Å². The molecular formula is C24H36N2O5. The van der Waals surface area contributed by atoms with Gasteiger partial charge in [0, 0.05) is 31.1 Å². The summed E-state index contributed by atoms with van der Waals surface area (Å²) >= 11 is 0. The largest absolute Gasteiger partial charge is 0.493 e. The molecule has 7 nitrogen and oxygen atoms in total. The number of amides is 2. The Morgan fingerprint density at radius 3 is 2.10 bits per heavy atom. The topological polar surface area (TPSA) is 77.1 Å². The Bertz CT molecular complexity index is 727. The monoisotopic (exact) mass is 432 g/mol. The molecule has 1 N–H and O–H groups in total. The van der Waals surface area contributed by atoms with Crippen molar-refractivity contribution >= 4 is 11.8 Å². The van der Waals surface area contributed by atoms with Gasteiger partial charge in [0.05, 0.1) is 21.3 Å². The molecule has 7 heteroatoms. The second-order valence-electron chi connectivity index (χ2n) is 8.59. The molecule has 0 bridgehead atoms. The molecule has 0 aromatic heterocycles. The molecule has 1 aromatic rings. The number of ether oxygens (including phenoxy) is 3. The number of hydrogen-bond donors (Lipinski definition) is 1. The average Bonchev–Trinajstić information content (AvgIpc) is 2.82. The summed E-state index contributed by atoms with van der Waals surface area (Å²) < 4.78 is 16.1. The zero-order valence-electron chi connectivity index (χ0n) is 19.1. The number of nitrogens with zero attached hydrogens (tertiary/aromatic N) is 1. The summed E-state index contributed by atoms with van der Waals surface area (Å²) in [4.78, 5) is 27.2. The maximum atomic E-state index is 13.0. The second kappa shape index (κ2) is 11.3. The second-order valence-corrected chi connectivity index (χ2v) is 8.59. The van der Waals surface area contributed by atoms with Gasteiger partial charge in [-0.2, -0.15) is 0 Å². The Hall–Kier alpha value is -2.44. The molecule has 1 saturated carbocycles. The van der Waals surface area contributed by atoms with Crippen molar-refractivity contribution in [2.45, 2.75) is 63.8 Å². The van der Waals surface area contributed by atoms with Gasteiger partial charge in [-0.25, -0.2) is 0 Å². The summed E-state index contributed by atoms with van der Waals surface area (Å²) in [5.74, 6) is 2.20. The van der Waals surface area contributed by atoms with Crippen LogP contribution in [0.5, 0.6) is 17.2 Å². The lowest BCUT2D eigenvalue weighted by Gasteiger charge is -2.32. The molecule has 1 heterocycles. The normalized spacial score (nSPS) is 17.8. The van der Waals surface area contributed by atoms with Gasteiger partial charge >= 0.3 is 0 Å². The fourth-order valence-corrected chi connectivity index (χ4v) is 4.72. The zero-order valence-corrected chi connectivity index (χ0v) is 19.1. The van der Waals surface area contributed by atoms with Gasteiger partial charge in [-0.3, -0.25) is 9.59 Å². The average molecular weight is 433 g/mol. The van der Waals surface area contributed by atoms with Crippen LogP contribution in [0.15, 0.2) is 12.1 Å². The number of piperidine rings is 1. The first kappa shape index (κ1) is 23.2. The van der Waals surface area contributed by atoms with E-state index in [4.69, 9.17) is 14.2 Å². The Morgan fingerprint density at radius 2 is 1.55 bits per heavy atom. The van der Waals surface area contributed by atoms with Crippen molar-refractivity contribution < 1.29 is 23.8 Å². The fraction of sp³-hybridized carbons (Fsp3) is 0.667. The van der Waals surface area contributed by atoms with Crippen LogP contribution in [0.3, 0.4) is 0 Å². The van der Waals surface area contributed by atoms with Gasteiger partial charge < -0.3 is 24.4 Å². The van der Waals surface area contributed by atoms with Crippen LogP contribution in [0.25, 0.3) is 0 Å². The molecule has 2 aliphatic rings. The lowest BCUT2D eigenvalue weighted by Crippen LogP contribution is -2.46. The highest BCUT2D eigenvalue weighted by atomic mass is 16.5. The molecule has 2 fully saturated rings. The fourth-order valence-electron chi connectivity index (χ4n) is 4.72. The van der Waals surface area contributed by atoms with Crippen LogP contribution in [-0.2, 0) is 4.79 Å². The van der Waals surface area contributed by atoms with E-state index in [1.54, 1.807) is 12.1 Å². The van der Waals surface area contributed by atoms with E-state index in [1.807, 2.05) is 4.90 Å². The van der Waals surface area contributed by atoms with Gasteiger partial charge in [-0.1, -0.05) is 32.1 Å². The van der Waals surface area contributed by atoms with Crippen molar-refractivity contribution in [3.63, 3.8) is 0 Å². The van der Waals surface area contributed by atoms with E-state index in [-0.39, 0.29) is 17.9 Å². The first-order valence-corrected chi connectivity index (χ1v) is 11.4. The van der Waals surface area contributed by atoms with Crippen LogP contribution >= 0.6 is 0 Å². The smallest absolute Gasteiger partial charge is 0.254 e. The van der Waals surface area contributed by atoms with Crippen molar-refractivity contribution in [2.24, 2.45) is 5.92 Å². The molecule has 0 unspecified atom stereocenters. The quantitative estimate of drug-likeness (QED) is 0.676. The van der Waals surface area contributed by atoms with Crippen LogP contribution in [-0.4, -0.2) is 57.2 Å². The molecule has 1 aliphatic carbocycles. The summed E-state index contributed by atoms with van der Waals surface area (Å²) in [6.07, 6.45) is 9.67. The molecule has 0 radical (unpaired) electrons. The number of benzene rings is 1. The number of nitrogens with one attached hydrogen (secondary N) is 1. The van der Waals surface area contributed by atoms with Gasteiger partial charge in [0.25, 0.3) is 5.91 Å². The van der Waals surface area contributed by atoms with Crippen molar-refractivity contribution in [1.29, 1.82) is 0 Å². The standard InChI is InChI=1S/C24H36N2O5/c1-29-20-15-18(16-21(30-2)23(20)31-3)24(28)26-13-11-19(12-14-26)25-22(27)10-9-17-7-5-4-6-8-17/h15-17,19H,4-14H2,1-3H3,(H,25,27). The number of likely N-dealkylation sites (tertiary alicyclic amines) is 1. The van der Waals surface area contributed by atoms with E-state index < -0.39 is 0 Å². The Balaban J connectivity index is 1.50. The minimum absolute atomic E-state index is 0.0682. The molecule has 0 spiro atoms. The summed E-state index contributed by atoms with van der Waals surface area (Å²) in [7, 11) is 4.61. The Labute approximate surface area is 185 Å². The van der Waals surface area contributed by atoms with Crippen LogP contribution < -0.4 is 19.5 Å². The first-order chi connectivity index (χ1) is 15.0. The van der Waals surface area contributed by atoms with Crippen LogP contribution in [0.4, 0.5) is 0 Å². The minimum atomic E-state index is -0.0682. The zero-order chi connectivity index (χ0) is 22.2. The number of hydrogen-bond acceptors (Lipinski definition) is 5. The molecule has 1 aliphatic heterocycles. The van der Waals surface area contributed by atoms with Crippen molar-refractivity contribution in [3.05, 3.63) is 17.7 Å². The molecule has 1 aromatic carbocycles. The molecule has 31 heavy (non-hydrogen) atoms. The number of carbonyl (C=O) groups is 2. The van der Waals surface area contributed by atoms with E-state index in [0.717, 1.165) is 25.2 Å². The van der Waals surface area contributed by atoms with Gasteiger partial charge in [0.15, 0.2) is 11.5 Å². The van der Waals surface area contributed by atoms with Gasteiger partial charge in [-0.05, 0) is 37.3 Å². The van der Waals surface area contributed by atoms with Crippen molar-refractivity contribution in [1.82, 2.24) is 10.2 Å². The van der Waals surface area contributed by atoms with Crippen LogP contribution in [0.1, 0.15) is 68.1 Å². The highest BCUT2D eigenvalue weighted by Gasteiger charge is 2.26. The highest BCUT2D eigenvalue weighted by Crippen LogP contribution is 2.38. The van der Waals surface area contributed by atoms with Crippen molar-refractivity contribution in [2.75, 3.05) is 34.4 Å². The predicted octanol–water partition coefficient (Wildman–Crippen LogP) is 3.79. The summed E-state index contributed by atoms with van der Waals surface area (Å²) in [5.41, 5.74) is 0.504. The summed E-state index contributed by atoms with van der Waals surface area (Å²) in [5, 5.41) is 3.18. The van der Waals surface area contributed by atoms with Gasteiger partial charge in [-0.15, -0.1) is 0 Å². The highest BCUT2D eigenvalue weighted by molar-refractivity contribution is 5.95. The third-order valence-corrected chi connectivity index (χ3v) is 6.56. The summed E-state index contributed by atoms with van der Waals surface area (Å²) in [6, 6.07) is 3.51. The molecule has 0 atom stereocenters. The lowest BCUT2D eigenvalue weighted by atomic mass is 9.86. The van der Waals surface area contributed by atoms with Crippen LogP contribution in [0.2, 0.25) is 0 Å². The first-order valence-electron chi connectivity index (χ1n) is 11.4. The SMILES string of the molecule is COc1cc(C(=O)N2CCC(NC(=O)CCC3CCCCC3)CC2)cc(OC)c1OC. The van der Waals surface area contributed by atoms with Crippen LogP contribution in [0, 0.1) is 5.92 Å². The maximum Gasteiger partial charge on any atom is 0.254 e. The van der Waals surface area contributed by atoms with E-state index in [1.165, 1.54) is 53.4 Å². The number of rotatable bonds is 8. The van der Waals surface area contributed by atoms with E-state index in [9.17, 15) is 9.59 Å². The predicted molar refractivity (Wildman–Crippen MR) is 119 cm³/mol. The number of carbonyl (C=O) groups excluding carboxylic acids is 2. The van der Waals surface area contributed by atoms with Gasteiger partial charge in [0.1, 0.15) is 0 Å². The summed E-state index contributed by atoms with van der Waals surface area (Å²) in [6.45, 7) is 1.23. The van der Waals surface area contributed by atoms with E-state index in [0.29, 0.717) is 42.3 Å². The molecular weight excluding hydrogens is 396 g/mol. The Morgan fingerprint density at radius 1 is 0.935 bits per heavy atom. The van der Waals surface area contributed by atoms with Crippen molar-refractivity contribution in [3.8, 4) is 17.2 Å². The molecule has 172 valence electrons. The maximum absolute atomic E-state index is 13.0. The number of methoxy groups -OCH3 is 3.